The highest BCUT2D eigenvalue weighted by molar-refractivity contribution is 5.96. The molecule has 3 aromatic rings. The Hall–Kier alpha value is -3.35. The van der Waals surface area contributed by atoms with E-state index in [1.165, 1.54) is 6.92 Å². The van der Waals surface area contributed by atoms with E-state index in [-0.39, 0.29) is 11.8 Å². The summed E-state index contributed by atoms with van der Waals surface area (Å²) in [4.78, 5) is 26.3. The number of nitrogens with zero attached hydrogens (tertiary/aromatic N) is 4. The predicted octanol–water partition coefficient (Wildman–Crippen LogP) is 2.58. The standard InChI is InChI=1S/C22H25N5O2/c1-15-11-21(16(2)27(15)19-7-5-4-6-8-19)22(29)25-9-10-26-20(14-25)12-18(24-26)13-23-17(3)28/h4-8,11-12H,9-10,13-14H2,1-3H3,(H,23,28). The fourth-order valence-electron chi connectivity index (χ4n) is 3.92. The summed E-state index contributed by atoms with van der Waals surface area (Å²) in [5.74, 6) is -0.0438. The quantitative estimate of drug-likeness (QED) is 0.743. The molecule has 29 heavy (non-hydrogen) atoms. The average molecular weight is 391 g/mol. The van der Waals surface area contributed by atoms with Gasteiger partial charge in [0.1, 0.15) is 0 Å². The Kier molecular flexibility index (Phi) is 4.96. The normalized spacial score (nSPS) is 13.3. The van der Waals surface area contributed by atoms with E-state index in [1.54, 1.807) is 0 Å². The molecule has 0 atom stereocenters. The van der Waals surface area contributed by atoms with E-state index in [0.717, 1.165) is 34.0 Å². The summed E-state index contributed by atoms with van der Waals surface area (Å²) in [6.45, 7) is 7.69. The maximum absolute atomic E-state index is 13.3. The molecule has 0 radical (unpaired) electrons. The van der Waals surface area contributed by atoms with Gasteiger partial charge in [-0.1, -0.05) is 18.2 Å². The summed E-state index contributed by atoms with van der Waals surface area (Å²) < 4.78 is 4.04. The molecule has 1 aliphatic rings. The summed E-state index contributed by atoms with van der Waals surface area (Å²) >= 11 is 0. The number of aryl methyl sites for hydroxylation is 1. The summed E-state index contributed by atoms with van der Waals surface area (Å²) in [6, 6.07) is 14.0. The molecular weight excluding hydrogens is 366 g/mol. The second-order valence-electron chi connectivity index (χ2n) is 7.44. The molecule has 0 spiro atoms. The van der Waals surface area contributed by atoms with Gasteiger partial charge in [0.15, 0.2) is 0 Å². The van der Waals surface area contributed by atoms with Gasteiger partial charge in [-0.15, -0.1) is 0 Å². The van der Waals surface area contributed by atoms with Gasteiger partial charge in [0, 0.05) is 30.5 Å². The zero-order valence-electron chi connectivity index (χ0n) is 17.0. The molecule has 0 bridgehead atoms. The highest BCUT2D eigenvalue weighted by Crippen LogP contribution is 2.24. The van der Waals surface area contributed by atoms with E-state index in [2.05, 4.69) is 15.0 Å². The van der Waals surface area contributed by atoms with Crippen LogP contribution in [0.25, 0.3) is 5.69 Å². The molecule has 0 fully saturated rings. The molecule has 2 amide bonds. The Morgan fingerprint density at radius 1 is 1.10 bits per heavy atom. The summed E-state index contributed by atoms with van der Waals surface area (Å²) in [5, 5.41) is 7.29. The highest BCUT2D eigenvalue weighted by atomic mass is 16.2. The van der Waals surface area contributed by atoms with E-state index in [4.69, 9.17) is 0 Å². The van der Waals surface area contributed by atoms with Crippen LogP contribution in [0.5, 0.6) is 0 Å². The maximum Gasteiger partial charge on any atom is 0.256 e. The Bertz CT molecular complexity index is 1060. The third-order valence-electron chi connectivity index (χ3n) is 5.33. The number of carbonyl (C=O) groups is 2. The number of benzene rings is 1. The summed E-state index contributed by atoms with van der Waals surface area (Å²) in [7, 11) is 0. The van der Waals surface area contributed by atoms with Crippen molar-refractivity contribution in [1.29, 1.82) is 0 Å². The van der Waals surface area contributed by atoms with Crippen LogP contribution in [-0.2, 0) is 24.4 Å². The monoisotopic (exact) mass is 391 g/mol. The zero-order chi connectivity index (χ0) is 20.5. The number of rotatable bonds is 4. The Balaban J connectivity index is 1.55. The second-order valence-corrected chi connectivity index (χ2v) is 7.44. The SMILES string of the molecule is CC(=O)NCc1cc2n(n1)CCN(C(=O)c1cc(C)n(-c3ccccc3)c1C)C2. The number of nitrogens with one attached hydrogen (secondary N) is 1. The lowest BCUT2D eigenvalue weighted by molar-refractivity contribution is -0.119. The molecule has 1 aliphatic heterocycles. The first-order valence-corrected chi connectivity index (χ1v) is 9.77. The van der Waals surface area contributed by atoms with E-state index in [9.17, 15) is 9.59 Å². The van der Waals surface area contributed by atoms with Crippen LogP contribution in [0.2, 0.25) is 0 Å². The van der Waals surface area contributed by atoms with Crippen LogP contribution < -0.4 is 5.32 Å². The third kappa shape index (κ3) is 3.68. The van der Waals surface area contributed by atoms with Crippen LogP contribution >= 0.6 is 0 Å². The molecular formula is C22H25N5O2. The van der Waals surface area contributed by atoms with Crippen molar-refractivity contribution in [2.45, 2.75) is 40.4 Å². The average Bonchev–Trinajstić information content (AvgIpc) is 3.25. The molecule has 2 aromatic heterocycles. The predicted molar refractivity (Wildman–Crippen MR) is 110 cm³/mol. The summed E-state index contributed by atoms with van der Waals surface area (Å²) in [5.41, 5.74) is 5.58. The molecule has 4 rings (SSSR count). The highest BCUT2D eigenvalue weighted by Gasteiger charge is 2.26. The van der Waals surface area contributed by atoms with Crippen LogP contribution in [0.1, 0.15) is 40.1 Å². The molecule has 0 saturated carbocycles. The van der Waals surface area contributed by atoms with Crippen LogP contribution in [0.4, 0.5) is 0 Å². The fraction of sp³-hybridized carbons (Fsp3) is 0.318. The van der Waals surface area contributed by atoms with Crippen molar-refractivity contribution >= 4 is 11.8 Å². The summed E-state index contributed by atoms with van der Waals surface area (Å²) in [6.07, 6.45) is 0. The number of carbonyl (C=O) groups excluding carboxylic acids is 2. The van der Waals surface area contributed by atoms with Crippen LogP contribution in [0, 0.1) is 13.8 Å². The van der Waals surface area contributed by atoms with Crippen molar-refractivity contribution in [1.82, 2.24) is 24.6 Å². The number of amides is 2. The first-order chi connectivity index (χ1) is 13.9. The third-order valence-corrected chi connectivity index (χ3v) is 5.33. The van der Waals surface area contributed by atoms with Crippen molar-refractivity contribution in [3.05, 3.63) is 70.8 Å². The first kappa shape index (κ1) is 19.0. The number of para-hydroxylation sites is 1. The zero-order valence-corrected chi connectivity index (χ0v) is 17.0. The van der Waals surface area contributed by atoms with Gasteiger partial charge >= 0.3 is 0 Å². The van der Waals surface area contributed by atoms with Gasteiger partial charge in [0.2, 0.25) is 5.91 Å². The minimum Gasteiger partial charge on any atom is -0.351 e. The minimum atomic E-state index is -0.0819. The number of hydrogen-bond donors (Lipinski definition) is 1. The number of aromatic nitrogens is 3. The van der Waals surface area contributed by atoms with Crippen LogP contribution in [-0.4, -0.2) is 37.6 Å². The minimum absolute atomic E-state index is 0.0381. The molecule has 0 unspecified atom stereocenters. The van der Waals surface area contributed by atoms with Gasteiger partial charge in [-0.05, 0) is 38.1 Å². The van der Waals surface area contributed by atoms with Crippen molar-refractivity contribution < 1.29 is 9.59 Å². The van der Waals surface area contributed by atoms with E-state index in [1.807, 2.05) is 65.9 Å². The van der Waals surface area contributed by atoms with Crippen molar-refractivity contribution in [2.75, 3.05) is 6.54 Å². The van der Waals surface area contributed by atoms with Crippen LogP contribution in [0.3, 0.4) is 0 Å². The lowest BCUT2D eigenvalue weighted by Gasteiger charge is -2.27. The van der Waals surface area contributed by atoms with Gasteiger partial charge < -0.3 is 14.8 Å². The van der Waals surface area contributed by atoms with E-state index in [0.29, 0.717) is 26.2 Å². The fourth-order valence-corrected chi connectivity index (χ4v) is 3.92. The smallest absolute Gasteiger partial charge is 0.256 e. The Morgan fingerprint density at radius 2 is 1.86 bits per heavy atom. The molecule has 7 heteroatoms. The molecule has 0 aliphatic carbocycles. The largest absolute Gasteiger partial charge is 0.351 e. The lowest BCUT2D eigenvalue weighted by atomic mass is 10.2. The molecule has 1 N–H and O–H groups in total. The molecule has 0 saturated heterocycles. The number of fused-ring (bicyclic) bond motifs is 1. The lowest BCUT2D eigenvalue weighted by Crippen LogP contribution is -2.38. The molecule has 150 valence electrons. The number of hydrogen-bond acceptors (Lipinski definition) is 3. The second kappa shape index (κ2) is 7.58. The van der Waals surface area contributed by atoms with Crippen molar-refractivity contribution in [2.24, 2.45) is 0 Å². The van der Waals surface area contributed by atoms with Crippen molar-refractivity contribution in [3.63, 3.8) is 0 Å². The Labute approximate surface area is 169 Å². The van der Waals surface area contributed by atoms with E-state index >= 15 is 0 Å². The van der Waals surface area contributed by atoms with Crippen LogP contribution in [0.15, 0.2) is 42.5 Å². The van der Waals surface area contributed by atoms with Gasteiger partial charge in [0.05, 0.1) is 36.6 Å². The van der Waals surface area contributed by atoms with Gasteiger partial charge in [-0.3, -0.25) is 14.3 Å². The van der Waals surface area contributed by atoms with Crippen molar-refractivity contribution in [3.8, 4) is 5.69 Å². The topological polar surface area (TPSA) is 72.2 Å². The molecule has 1 aromatic carbocycles. The van der Waals surface area contributed by atoms with Gasteiger partial charge in [0.25, 0.3) is 5.91 Å². The maximum atomic E-state index is 13.3. The van der Waals surface area contributed by atoms with Gasteiger partial charge in [-0.2, -0.15) is 5.10 Å². The van der Waals surface area contributed by atoms with Gasteiger partial charge in [-0.25, -0.2) is 0 Å². The molecule has 7 nitrogen and oxygen atoms in total. The Morgan fingerprint density at radius 3 is 2.59 bits per heavy atom. The molecule has 3 heterocycles. The first-order valence-electron chi connectivity index (χ1n) is 9.77. The van der Waals surface area contributed by atoms with E-state index < -0.39 is 0 Å².